The number of nitrogens with two attached hydrogens (primary N) is 1. The number of nitrogens with one attached hydrogen (secondary N) is 1. The summed E-state index contributed by atoms with van der Waals surface area (Å²) < 4.78 is 26.1. The lowest BCUT2D eigenvalue weighted by molar-refractivity contribution is 0.511. The second-order valence-electron chi connectivity index (χ2n) is 3.03. The van der Waals surface area contributed by atoms with E-state index in [1.54, 1.807) is 0 Å². The highest BCUT2D eigenvalue weighted by Crippen LogP contribution is 2.19. The van der Waals surface area contributed by atoms with Gasteiger partial charge in [-0.3, -0.25) is 0 Å². The van der Waals surface area contributed by atoms with Gasteiger partial charge < -0.3 is 11.1 Å². The van der Waals surface area contributed by atoms with Crippen LogP contribution in [-0.2, 0) is 0 Å². The van der Waals surface area contributed by atoms with Crippen molar-refractivity contribution in [3.63, 3.8) is 0 Å². The van der Waals surface area contributed by atoms with Crippen molar-refractivity contribution in [3.05, 3.63) is 42.1 Å². The van der Waals surface area contributed by atoms with E-state index in [0.29, 0.717) is 0 Å². The van der Waals surface area contributed by atoms with E-state index in [4.69, 9.17) is 5.73 Å². The molecular weight excluding hydrogens is 214 g/mol. The molecule has 0 aliphatic heterocycles. The lowest BCUT2D eigenvalue weighted by atomic mass is 10.3. The van der Waals surface area contributed by atoms with E-state index in [1.165, 1.54) is 24.4 Å². The van der Waals surface area contributed by atoms with Crippen LogP contribution in [0, 0.1) is 11.6 Å². The second-order valence-corrected chi connectivity index (χ2v) is 3.03. The van der Waals surface area contributed by atoms with Gasteiger partial charge in [-0.05, 0) is 18.2 Å². The van der Waals surface area contributed by atoms with Gasteiger partial charge in [-0.15, -0.1) is 0 Å². The predicted octanol–water partition coefficient (Wildman–Crippen LogP) is 2.08. The Labute approximate surface area is 90.1 Å². The molecule has 0 aliphatic rings. The van der Waals surface area contributed by atoms with Crippen molar-refractivity contribution >= 4 is 17.5 Å². The zero-order valence-electron chi connectivity index (χ0n) is 8.11. The molecule has 0 aliphatic carbocycles. The maximum atomic E-state index is 13.3. The Kier molecular flexibility index (Phi) is 2.63. The fourth-order valence-corrected chi connectivity index (χ4v) is 1.15. The van der Waals surface area contributed by atoms with Gasteiger partial charge in [-0.25, -0.2) is 13.8 Å². The lowest BCUT2D eigenvalue weighted by Crippen LogP contribution is -2.01. The molecule has 0 amide bonds. The number of hydrogen-bond donors (Lipinski definition) is 2. The molecule has 16 heavy (non-hydrogen) atoms. The summed E-state index contributed by atoms with van der Waals surface area (Å²) in [5, 5.41) is 2.54. The number of halogens is 2. The summed E-state index contributed by atoms with van der Waals surface area (Å²) >= 11 is 0. The summed E-state index contributed by atoms with van der Waals surface area (Å²) in [6, 6.07) is 5.28. The second kappa shape index (κ2) is 4.09. The molecule has 4 nitrogen and oxygen atoms in total. The van der Waals surface area contributed by atoms with Gasteiger partial charge in [-0.2, -0.15) is 4.98 Å². The molecule has 3 N–H and O–H groups in total. The number of rotatable bonds is 2. The van der Waals surface area contributed by atoms with Crippen molar-refractivity contribution in [1.82, 2.24) is 9.97 Å². The van der Waals surface area contributed by atoms with Gasteiger partial charge in [0.05, 0.1) is 5.69 Å². The number of nitrogens with zero attached hydrogens (tertiary/aromatic N) is 2. The van der Waals surface area contributed by atoms with E-state index < -0.39 is 11.6 Å². The first-order valence-corrected chi connectivity index (χ1v) is 4.46. The van der Waals surface area contributed by atoms with Crippen LogP contribution < -0.4 is 11.1 Å². The molecular formula is C10H8F2N4. The standard InChI is InChI=1S/C10H8F2N4/c11-6-2-1-3-7(9(6)12)15-10-14-5-4-8(13)16-10/h1-5H,(H3,13,14,15,16). The molecule has 82 valence electrons. The van der Waals surface area contributed by atoms with Gasteiger partial charge >= 0.3 is 0 Å². The molecule has 1 heterocycles. The van der Waals surface area contributed by atoms with Gasteiger partial charge in [0.25, 0.3) is 0 Å². The van der Waals surface area contributed by atoms with E-state index >= 15 is 0 Å². The third-order valence-electron chi connectivity index (χ3n) is 1.88. The third kappa shape index (κ3) is 2.05. The molecule has 1 aromatic heterocycles. The molecule has 2 rings (SSSR count). The van der Waals surface area contributed by atoms with Crippen molar-refractivity contribution in [2.75, 3.05) is 11.1 Å². The first kappa shape index (κ1) is 10.3. The SMILES string of the molecule is Nc1ccnc(Nc2cccc(F)c2F)n1. The number of benzene rings is 1. The molecule has 2 aromatic rings. The van der Waals surface area contributed by atoms with Crippen LogP contribution in [0.4, 0.5) is 26.2 Å². The van der Waals surface area contributed by atoms with Crippen LogP contribution in [0.5, 0.6) is 0 Å². The van der Waals surface area contributed by atoms with Crippen molar-refractivity contribution < 1.29 is 8.78 Å². The average Bonchev–Trinajstić information content (AvgIpc) is 2.25. The Morgan fingerprint density at radius 1 is 1.19 bits per heavy atom. The topological polar surface area (TPSA) is 63.8 Å². The summed E-state index contributed by atoms with van der Waals surface area (Å²) in [6.07, 6.45) is 1.42. The fourth-order valence-electron chi connectivity index (χ4n) is 1.15. The van der Waals surface area contributed by atoms with E-state index in [2.05, 4.69) is 15.3 Å². The van der Waals surface area contributed by atoms with Crippen LogP contribution in [0.25, 0.3) is 0 Å². The number of aromatic nitrogens is 2. The van der Waals surface area contributed by atoms with Crippen LogP contribution in [0.1, 0.15) is 0 Å². The Bertz CT molecular complexity index is 516. The molecule has 1 aromatic carbocycles. The summed E-state index contributed by atoms with van der Waals surface area (Å²) in [5.74, 6) is -1.55. The Balaban J connectivity index is 2.31. The van der Waals surface area contributed by atoms with E-state index in [0.717, 1.165) is 6.07 Å². The quantitative estimate of drug-likeness (QED) is 0.816. The molecule has 0 saturated carbocycles. The molecule has 0 bridgehead atoms. The smallest absolute Gasteiger partial charge is 0.229 e. The minimum atomic E-state index is -0.978. The summed E-state index contributed by atoms with van der Waals surface area (Å²) in [6.45, 7) is 0. The maximum Gasteiger partial charge on any atom is 0.229 e. The highest BCUT2D eigenvalue weighted by atomic mass is 19.2. The Hall–Kier alpha value is -2.24. The lowest BCUT2D eigenvalue weighted by Gasteiger charge is -2.06. The van der Waals surface area contributed by atoms with Crippen LogP contribution in [-0.4, -0.2) is 9.97 Å². The maximum absolute atomic E-state index is 13.3. The van der Waals surface area contributed by atoms with Crippen LogP contribution >= 0.6 is 0 Å². The highest BCUT2D eigenvalue weighted by molar-refractivity contribution is 5.55. The molecule has 0 unspecified atom stereocenters. The van der Waals surface area contributed by atoms with Crippen molar-refractivity contribution in [2.24, 2.45) is 0 Å². The van der Waals surface area contributed by atoms with Gasteiger partial charge in [0.1, 0.15) is 5.82 Å². The number of nitrogen functional groups attached to an aromatic ring is 1. The largest absolute Gasteiger partial charge is 0.384 e. The van der Waals surface area contributed by atoms with Gasteiger partial charge in [0, 0.05) is 6.20 Å². The van der Waals surface area contributed by atoms with Crippen molar-refractivity contribution in [1.29, 1.82) is 0 Å². The van der Waals surface area contributed by atoms with E-state index in [1.807, 2.05) is 0 Å². The van der Waals surface area contributed by atoms with Gasteiger partial charge in [-0.1, -0.05) is 6.07 Å². The third-order valence-corrected chi connectivity index (χ3v) is 1.88. The predicted molar refractivity (Wildman–Crippen MR) is 56.1 cm³/mol. The minimum absolute atomic E-state index is 0.0365. The summed E-state index contributed by atoms with van der Waals surface area (Å²) in [5.41, 5.74) is 5.38. The Morgan fingerprint density at radius 2 is 2.00 bits per heavy atom. The molecule has 0 saturated heterocycles. The molecule has 6 heteroatoms. The van der Waals surface area contributed by atoms with Crippen LogP contribution in [0.3, 0.4) is 0 Å². The number of hydrogen-bond acceptors (Lipinski definition) is 4. The molecule has 0 atom stereocenters. The zero-order valence-corrected chi connectivity index (χ0v) is 8.11. The normalized spacial score (nSPS) is 10.1. The summed E-state index contributed by atoms with van der Waals surface area (Å²) in [4.78, 5) is 7.62. The van der Waals surface area contributed by atoms with E-state index in [-0.39, 0.29) is 17.5 Å². The van der Waals surface area contributed by atoms with Gasteiger partial charge in [0.15, 0.2) is 11.6 Å². The van der Waals surface area contributed by atoms with Crippen molar-refractivity contribution in [3.8, 4) is 0 Å². The zero-order chi connectivity index (χ0) is 11.5. The van der Waals surface area contributed by atoms with Gasteiger partial charge in [0.2, 0.25) is 5.95 Å². The van der Waals surface area contributed by atoms with Crippen LogP contribution in [0.2, 0.25) is 0 Å². The van der Waals surface area contributed by atoms with E-state index in [9.17, 15) is 8.78 Å². The minimum Gasteiger partial charge on any atom is -0.384 e. The fraction of sp³-hybridized carbons (Fsp3) is 0. The monoisotopic (exact) mass is 222 g/mol. The number of anilines is 3. The Morgan fingerprint density at radius 3 is 2.75 bits per heavy atom. The first-order chi connectivity index (χ1) is 7.66. The average molecular weight is 222 g/mol. The van der Waals surface area contributed by atoms with Crippen LogP contribution in [0.15, 0.2) is 30.5 Å². The highest BCUT2D eigenvalue weighted by Gasteiger charge is 2.08. The summed E-state index contributed by atoms with van der Waals surface area (Å²) in [7, 11) is 0. The van der Waals surface area contributed by atoms with Crippen molar-refractivity contribution in [2.45, 2.75) is 0 Å². The molecule has 0 spiro atoms. The molecule has 0 radical (unpaired) electrons. The first-order valence-electron chi connectivity index (χ1n) is 4.46. The molecule has 0 fully saturated rings.